The summed E-state index contributed by atoms with van der Waals surface area (Å²) >= 11 is 0. The molecule has 0 radical (unpaired) electrons. The minimum Gasteiger partial charge on any atom is -0.383 e. The van der Waals surface area contributed by atoms with Gasteiger partial charge >= 0.3 is 0 Å². The highest BCUT2D eigenvalue weighted by Gasteiger charge is 2.09. The molecule has 4 nitrogen and oxygen atoms in total. The van der Waals surface area contributed by atoms with E-state index in [9.17, 15) is 0 Å². The number of hydrogen-bond acceptors (Lipinski definition) is 3. The van der Waals surface area contributed by atoms with E-state index in [1.807, 2.05) is 6.07 Å². The van der Waals surface area contributed by atoms with E-state index in [4.69, 9.17) is 9.47 Å². The number of methoxy groups -OCH3 is 1. The quantitative estimate of drug-likeness (QED) is 0.492. The molecule has 0 aliphatic carbocycles. The number of unbranched alkanes of at least 4 members (excludes halogenated alkanes) is 1. The Balaban J connectivity index is 1.89. The van der Waals surface area contributed by atoms with Crippen LogP contribution in [0.2, 0.25) is 0 Å². The van der Waals surface area contributed by atoms with Crippen molar-refractivity contribution in [1.29, 1.82) is 0 Å². The van der Waals surface area contributed by atoms with Gasteiger partial charge in [-0.2, -0.15) is 0 Å². The van der Waals surface area contributed by atoms with Crippen molar-refractivity contribution in [2.45, 2.75) is 26.4 Å². The van der Waals surface area contributed by atoms with Crippen molar-refractivity contribution >= 4 is 16.6 Å². The summed E-state index contributed by atoms with van der Waals surface area (Å²) in [4.78, 5) is 3.59. The number of anilines is 1. The van der Waals surface area contributed by atoms with Crippen LogP contribution in [0.3, 0.4) is 0 Å². The van der Waals surface area contributed by atoms with Gasteiger partial charge in [-0.3, -0.25) is 0 Å². The summed E-state index contributed by atoms with van der Waals surface area (Å²) in [6.45, 7) is 4.99. The maximum atomic E-state index is 5.72. The van der Waals surface area contributed by atoms with Gasteiger partial charge in [0.2, 0.25) is 0 Å². The first-order valence-electron chi connectivity index (χ1n) is 9.33. The van der Waals surface area contributed by atoms with Gasteiger partial charge in [-0.1, -0.05) is 43.7 Å². The van der Waals surface area contributed by atoms with Crippen molar-refractivity contribution in [3.8, 4) is 11.3 Å². The minimum absolute atomic E-state index is 0.591. The van der Waals surface area contributed by atoms with Gasteiger partial charge in [0.15, 0.2) is 0 Å². The second kappa shape index (κ2) is 9.41. The minimum atomic E-state index is 0.591. The zero-order valence-corrected chi connectivity index (χ0v) is 15.7. The van der Waals surface area contributed by atoms with Gasteiger partial charge in [-0.05, 0) is 35.7 Å². The molecular formula is C22H28N2O2. The molecule has 0 aliphatic rings. The molecule has 2 aromatic carbocycles. The van der Waals surface area contributed by atoms with Crippen LogP contribution in [0, 0.1) is 0 Å². The number of nitrogens with one attached hydrogen (secondary N) is 2. The van der Waals surface area contributed by atoms with Crippen molar-refractivity contribution in [2.24, 2.45) is 0 Å². The van der Waals surface area contributed by atoms with Crippen LogP contribution in [0.4, 0.5) is 5.69 Å². The average Bonchev–Trinajstić information content (AvgIpc) is 3.10. The Bertz CT molecular complexity index is 812. The molecule has 0 unspecified atom stereocenters. The molecule has 0 bridgehead atoms. The van der Waals surface area contributed by atoms with Crippen LogP contribution in [-0.2, 0) is 16.1 Å². The number of benzene rings is 2. The third-order valence-electron chi connectivity index (χ3n) is 4.42. The van der Waals surface area contributed by atoms with Gasteiger partial charge in [0.1, 0.15) is 0 Å². The van der Waals surface area contributed by atoms with Crippen molar-refractivity contribution in [1.82, 2.24) is 4.98 Å². The summed E-state index contributed by atoms with van der Waals surface area (Å²) in [6, 6.07) is 17.0. The van der Waals surface area contributed by atoms with E-state index in [1.54, 1.807) is 7.11 Å². The number of rotatable bonds is 10. The number of H-pyrrole nitrogens is 1. The molecule has 0 saturated carbocycles. The SMILES string of the molecule is CCCCNc1cc(COCCOC)cc2cc(-c3ccccc3)[nH]c12. The van der Waals surface area contributed by atoms with Crippen LogP contribution in [0.1, 0.15) is 25.3 Å². The average molecular weight is 352 g/mol. The first-order chi connectivity index (χ1) is 12.8. The second-order valence-electron chi connectivity index (χ2n) is 6.48. The highest BCUT2D eigenvalue weighted by molar-refractivity contribution is 5.95. The Kier molecular flexibility index (Phi) is 6.69. The summed E-state index contributed by atoms with van der Waals surface area (Å²) in [5.74, 6) is 0. The maximum absolute atomic E-state index is 5.72. The second-order valence-corrected chi connectivity index (χ2v) is 6.48. The van der Waals surface area contributed by atoms with Crippen LogP contribution in [0.5, 0.6) is 0 Å². The van der Waals surface area contributed by atoms with Gasteiger partial charge < -0.3 is 19.8 Å². The van der Waals surface area contributed by atoms with E-state index in [2.05, 4.69) is 59.7 Å². The lowest BCUT2D eigenvalue weighted by molar-refractivity contribution is 0.0617. The molecule has 0 saturated heterocycles. The van der Waals surface area contributed by atoms with Gasteiger partial charge in [-0.15, -0.1) is 0 Å². The molecule has 0 aliphatic heterocycles. The molecule has 1 heterocycles. The van der Waals surface area contributed by atoms with Crippen molar-refractivity contribution in [3.63, 3.8) is 0 Å². The van der Waals surface area contributed by atoms with Gasteiger partial charge in [0, 0.05) is 24.7 Å². The Morgan fingerprint density at radius 3 is 2.65 bits per heavy atom. The first kappa shape index (κ1) is 18.5. The molecule has 26 heavy (non-hydrogen) atoms. The summed E-state index contributed by atoms with van der Waals surface area (Å²) < 4.78 is 10.8. The van der Waals surface area contributed by atoms with E-state index >= 15 is 0 Å². The fourth-order valence-electron chi connectivity index (χ4n) is 3.03. The number of ether oxygens (including phenoxy) is 2. The third-order valence-corrected chi connectivity index (χ3v) is 4.42. The zero-order chi connectivity index (χ0) is 18.2. The predicted octanol–water partition coefficient (Wildman–Crippen LogP) is 5.21. The van der Waals surface area contributed by atoms with Crippen LogP contribution in [0.15, 0.2) is 48.5 Å². The van der Waals surface area contributed by atoms with E-state index in [0.717, 1.165) is 29.9 Å². The summed E-state index contributed by atoms with van der Waals surface area (Å²) in [5.41, 5.74) is 5.80. The van der Waals surface area contributed by atoms with Gasteiger partial charge in [0.25, 0.3) is 0 Å². The van der Waals surface area contributed by atoms with Crippen LogP contribution in [0.25, 0.3) is 22.2 Å². The third kappa shape index (κ3) is 4.65. The molecule has 1 aromatic heterocycles. The van der Waals surface area contributed by atoms with E-state index in [1.165, 1.54) is 22.9 Å². The zero-order valence-electron chi connectivity index (χ0n) is 15.7. The monoisotopic (exact) mass is 352 g/mol. The van der Waals surface area contributed by atoms with Crippen molar-refractivity contribution in [2.75, 3.05) is 32.2 Å². The maximum Gasteiger partial charge on any atom is 0.0719 e. The fraction of sp³-hybridized carbons (Fsp3) is 0.364. The highest BCUT2D eigenvalue weighted by atomic mass is 16.5. The number of aromatic nitrogens is 1. The lowest BCUT2D eigenvalue weighted by Crippen LogP contribution is -2.04. The van der Waals surface area contributed by atoms with Crippen LogP contribution < -0.4 is 5.32 Å². The molecule has 138 valence electrons. The van der Waals surface area contributed by atoms with Gasteiger partial charge in [0.05, 0.1) is 31.0 Å². The van der Waals surface area contributed by atoms with E-state index in [-0.39, 0.29) is 0 Å². The topological polar surface area (TPSA) is 46.3 Å². The van der Waals surface area contributed by atoms with Crippen LogP contribution in [-0.4, -0.2) is 31.9 Å². The van der Waals surface area contributed by atoms with E-state index in [0.29, 0.717) is 19.8 Å². The number of fused-ring (bicyclic) bond motifs is 1. The molecule has 4 heteroatoms. The van der Waals surface area contributed by atoms with Crippen molar-refractivity contribution < 1.29 is 9.47 Å². The lowest BCUT2D eigenvalue weighted by Gasteiger charge is -2.11. The summed E-state index contributed by atoms with van der Waals surface area (Å²) in [5, 5.41) is 4.79. The molecule has 0 spiro atoms. The molecule has 3 aromatic rings. The lowest BCUT2D eigenvalue weighted by atomic mass is 10.1. The normalized spacial score (nSPS) is 11.2. The smallest absolute Gasteiger partial charge is 0.0719 e. The fourth-order valence-corrected chi connectivity index (χ4v) is 3.03. The van der Waals surface area contributed by atoms with E-state index < -0.39 is 0 Å². The highest BCUT2D eigenvalue weighted by Crippen LogP contribution is 2.30. The Morgan fingerprint density at radius 1 is 1.04 bits per heavy atom. The summed E-state index contributed by atoms with van der Waals surface area (Å²) in [7, 11) is 1.69. The molecular weight excluding hydrogens is 324 g/mol. The standard InChI is InChI=1S/C22H28N2O2/c1-3-4-10-23-21-14-17(16-26-12-11-25-2)13-19-15-20(24-22(19)21)18-8-6-5-7-9-18/h5-9,13-15,23-24H,3-4,10-12,16H2,1-2H3. The van der Waals surface area contributed by atoms with Crippen molar-refractivity contribution in [3.05, 3.63) is 54.1 Å². The molecule has 0 fully saturated rings. The molecule has 0 amide bonds. The summed E-state index contributed by atoms with van der Waals surface area (Å²) in [6.07, 6.45) is 2.33. The molecule has 0 atom stereocenters. The Morgan fingerprint density at radius 2 is 1.88 bits per heavy atom. The molecule has 2 N–H and O–H groups in total. The predicted molar refractivity (Wildman–Crippen MR) is 109 cm³/mol. The Labute approximate surface area is 155 Å². The Hall–Kier alpha value is -2.30. The van der Waals surface area contributed by atoms with Gasteiger partial charge in [-0.25, -0.2) is 0 Å². The van der Waals surface area contributed by atoms with Crippen LogP contribution >= 0.6 is 0 Å². The largest absolute Gasteiger partial charge is 0.383 e. The number of hydrogen-bond donors (Lipinski definition) is 2. The molecule has 3 rings (SSSR count). The first-order valence-corrected chi connectivity index (χ1v) is 9.33. The number of aromatic amines is 1.